The molecule has 14 heavy (non-hydrogen) atoms. The van der Waals surface area contributed by atoms with Crippen LogP contribution in [0.3, 0.4) is 0 Å². The van der Waals surface area contributed by atoms with Gasteiger partial charge in [-0.05, 0) is 38.0 Å². The average Bonchev–Trinajstić information content (AvgIpc) is 2.08. The number of benzene rings is 1. The molecule has 1 aromatic rings. The maximum Gasteiger partial charge on any atom is 0.146 e. The molecule has 1 nitrogen and oxygen atoms in total. The zero-order chi connectivity index (χ0) is 10.6. The summed E-state index contributed by atoms with van der Waals surface area (Å²) in [7, 11) is 0. The fourth-order valence-corrected chi connectivity index (χ4v) is 1.17. The third-order valence-electron chi connectivity index (χ3n) is 1.99. The molecule has 0 saturated heterocycles. The monoisotopic (exact) mass is 193 g/mol. The molecule has 0 fully saturated rings. The quantitative estimate of drug-likeness (QED) is 0.721. The highest BCUT2D eigenvalue weighted by Crippen LogP contribution is 2.15. The van der Waals surface area contributed by atoms with Crippen molar-refractivity contribution in [2.24, 2.45) is 0 Å². The van der Waals surface area contributed by atoms with E-state index in [0.29, 0.717) is 5.69 Å². The predicted octanol–water partition coefficient (Wildman–Crippen LogP) is 3.51. The van der Waals surface area contributed by atoms with Gasteiger partial charge < -0.3 is 5.32 Å². The van der Waals surface area contributed by atoms with Gasteiger partial charge in [-0.2, -0.15) is 0 Å². The fourth-order valence-electron chi connectivity index (χ4n) is 1.17. The number of nitrogens with one attached hydrogen (secondary N) is 1. The molecule has 0 spiro atoms. The van der Waals surface area contributed by atoms with Gasteiger partial charge in [-0.1, -0.05) is 11.6 Å². The Labute approximate surface area is 84.6 Å². The van der Waals surface area contributed by atoms with Crippen LogP contribution in [-0.4, -0.2) is 6.54 Å². The fraction of sp³-hybridized carbons (Fsp3) is 0.333. The summed E-state index contributed by atoms with van der Waals surface area (Å²) < 4.78 is 13.3. The van der Waals surface area contributed by atoms with Crippen LogP contribution in [0.1, 0.15) is 18.9 Å². The van der Waals surface area contributed by atoms with Crippen molar-refractivity contribution in [2.75, 3.05) is 11.9 Å². The van der Waals surface area contributed by atoms with E-state index in [2.05, 4.69) is 11.9 Å². The molecule has 1 N–H and O–H groups in total. The maximum absolute atomic E-state index is 13.3. The van der Waals surface area contributed by atoms with E-state index in [0.717, 1.165) is 24.1 Å². The highest BCUT2D eigenvalue weighted by Gasteiger charge is 2.00. The van der Waals surface area contributed by atoms with Crippen molar-refractivity contribution in [3.8, 4) is 0 Å². The molecule has 0 amide bonds. The van der Waals surface area contributed by atoms with Gasteiger partial charge in [-0.15, -0.1) is 6.58 Å². The molecule has 2 heteroatoms. The zero-order valence-electron chi connectivity index (χ0n) is 8.73. The lowest BCUT2D eigenvalue weighted by molar-refractivity contribution is 0.629. The largest absolute Gasteiger partial charge is 0.382 e. The second-order valence-corrected chi connectivity index (χ2v) is 3.62. The van der Waals surface area contributed by atoms with Crippen LogP contribution in [0.4, 0.5) is 10.1 Å². The standard InChI is InChI=1S/C12H16FN/c1-9(2)6-7-14-12-5-4-10(3)8-11(12)13/h4-5,8,14H,1,6-7H2,2-3H3. The number of hydrogen-bond acceptors (Lipinski definition) is 1. The second-order valence-electron chi connectivity index (χ2n) is 3.62. The van der Waals surface area contributed by atoms with Crippen LogP contribution in [0, 0.1) is 12.7 Å². The topological polar surface area (TPSA) is 12.0 Å². The Balaban J connectivity index is 2.55. The second kappa shape index (κ2) is 4.80. The molecule has 0 heterocycles. The maximum atomic E-state index is 13.3. The van der Waals surface area contributed by atoms with Crippen molar-refractivity contribution in [3.63, 3.8) is 0 Å². The molecule has 0 aliphatic heterocycles. The van der Waals surface area contributed by atoms with E-state index in [9.17, 15) is 4.39 Å². The first-order valence-corrected chi connectivity index (χ1v) is 4.74. The van der Waals surface area contributed by atoms with Gasteiger partial charge in [0.05, 0.1) is 5.69 Å². The van der Waals surface area contributed by atoms with Crippen LogP contribution in [0.2, 0.25) is 0 Å². The summed E-state index contributed by atoms with van der Waals surface area (Å²) in [6.07, 6.45) is 0.868. The number of aryl methyl sites for hydroxylation is 1. The normalized spacial score (nSPS) is 9.93. The molecule has 0 aliphatic carbocycles. The molecule has 0 aromatic heterocycles. The predicted molar refractivity (Wildman–Crippen MR) is 59.1 cm³/mol. The Bertz CT molecular complexity index is 331. The van der Waals surface area contributed by atoms with Gasteiger partial charge in [-0.3, -0.25) is 0 Å². The minimum atomic E-state index is -0.188. The molecule has 0 atom stereocenters. The summed E-state index contributed by atoms with van der Waals surface area (Å²) in [5.41, 5.74) is 2.61. The first-order valence-electron chi connectivity index (χ1n) is 4.74. The lowest BCUT2D eigenvalue weighted by Crippen LogP contribution is -2.03. The third-order valence-corrected chi connectivity index (χ3v) is 1.99. The van der Waals surface area contributed by atoms with E-state index in [-0.39, 0.29) is 5.82 Å². The van der Waals surface area contributed by atoms with Crippen molar-refractivity contribution in [1.82, 2.24) is 0 Å². The summed E-state index contributed by atoms with van der Waals surface area (Å²) in [6, 6.07) is 5.19. The van der Waals surface area contributed by atoms with Crippen molar-refractivity contribution < 1.29 is 4.39 Å². The average molecular weight is 193 g/mol. The van der Waals surface area contributed by atoms with Crippen molar-refractivity contribution in [3.05, 3.63) is 41.7 Å². The summed E-state index contributed by atoms with van der Waals surface area (Å²) in [5.74, 6) is -0.188. The van der Waals surface area contributed by atoms with Gasteiger partial charge >= 0.3 is 0 Å². The van der Waals surface area contributed by atoms with Crippen molar-refractivity contribution in [2.45, 2.75) is 20.3 Å². The number of rotatable bonds is 4. The first-order chi connectivity index (χ1) is 6.59. The molecule has 0 aliphatic rings. The Morgan fingerprint density at radius 1 is 1.50 bits per heavy atom. The minimum Gasteiger partial charge on any atom is -0.382 e. The van der Waals surface area contributed by atoms with E-state index >= 15 is 0 Å². The van der Waals surface area contributed by atoms with E-state index in [4.69, 9.17) is 0 Å². The van der Waals surface area contributed by atoms with Gasteiger partial charge in [0.25, 0.3) is 0 Å². The first kappa shape index (κ1) is 10.8. The molecular weight excluding hydrogens is 177 g/mol. The lowest BCUT2D eigenvalue weighted by atomic mass is 10.2. The SMILES string of the molecule is C=C(C)CCNc1ccc(C)cc1F. The Kier molecular flexibility index (Phi) is 3.69. The van der Waals surface area contributed by atoms with Crippen LogP contribution in [0.5, 0.6) is 0 Å². The smallest absolute Gasteiger partial charge is 0.146 e. The highest BCUT2D eigenvalue weighted by atomic mass is 19.1. The molecular formula is C12H16FN. The molecule has 0 saturated carbocycles. The van der Waals surface area contributed by atoms with Gasteiger partial charge in [0.2, 0.25) is 0 Å². The van der Waals surface area contributed by atoms with E-state index in [1.165, 1.54) is 6.07 Å². The number of anilines is 1. The van der Waals surface area contributed by atoms with E-state index in [1.807, 2.05) is 19.9 Å². The molecule has 1 aromatic carbocycles. The third kappa shape index (κ3) is 3.21. The van der Waals surface area contributed by atoms with Crippen LogP contribution in [0.25, 0.3) is 0 Å². The molecule has 0 unspecified atom stereocenters. The number of hydrogen-bond donors (Lipinski definition) is 1. The van der Waals surface area contributed by atoms with E-state index < -0.39 is 0 Å². The van der Waals surface area contributed by atoms with Gasteiger partial charge in [0, 0.05) is 6.54 Å². The highest BCUT2D eigenvalue weighted by molar-refractivity contribution is 5.46. The van der Waals surface area contributed by atoms with Crippen LogP contribution >= 0.6 is 0 Å². The summed E-state index contributed by atoms with van der Waals surface area (Å²) in [6.45, 7) is 8.36. The molecule has 0 bridgehead atoms. The number of halogens is 1. The van der Waals surface area contributed by atoms with E-state index in [1.54, 1.807) is 6.07 Å². The summed E-state index contributed by atoms with van der Waals surface area (Å²) >= 11 is 0. The van der Waals surface area contributed by atoms with Crippen LogP contribution in [0.15, 0.2) is 30.4 Å². The molecule has 76 valence electrons. The minimum absolute atomic E-state index is 0.188. The Hall–Kier alpha value is -1.31. The zero-order valence-corrected chi connectivity index (χ0v) is 8.73. The van der Waals surface area contributed by atoms with Gasteiger partial charge in [0.1, 0.15) is 5.82 Å². The Morgan fingerprint density at radius 2 is 2.21 bits per heavy atom. The summed E-state index contributed by atoms with van der Waals surface area (Å²) in [4.78, 5) is 0. The Morgan fingerprint density at radius 3 is 2.79 bits per heavy atom. The summed E-state index contributed by atoms with van der Waals surface area (Å²) in [5, 5.41) is 3.04. The van der Waals surface area contributed by atoms with Crippen LogP contribution < -0.4 is 5.32 Å². The molecule has 0 radical (unpaired) electrons. The van der Waals surface area contributed by atoms with Crippen molar-refractivity contribution in [1.29, 1.82) is 0 Å². The van der Waals surface area contributed by atoms with Crippen molar-refractivity contribution >= 4 is 5.69 Å². The molecule has 1 rings (SSSR count). The lowest BCUT2D eigenvalue weighted by Gasteiger charge is -2.07. The van der Waals surface area contributed by atoms with Gasteiger partial charge in [0.15, 0.2) is 0 Å². The van der Waals surface area contributed by atoms with Gasteiger partial charge in [-0.25, -0.2) is 4.39 Å². The van der Waals surface area contributed by atoms with Crippen LogP contribution in [-0.2, 0) is 0 Å².